The standard InChI is InChI=1S/C16H21NO.W/c1-9-7-15(14(6)13(5)11(9)3)17-8-10(2)12(4)16(17)18;/h8,10,12H,1-6H3;/q-2;+2. The molecule has 1 amide bonds. The second-order valence-electron chi connectivity index (χ2n) is 5.48. The minimum absolute atomic E-state index is 0. The number of carbonyl (C=O) groups excluding carboxylic acids is 1. The fourth-order valence-electron chi connectivity index (χ4n) is 2.41. The van der Waals surface area contributed by atoms with E-state index in [1.807, 2.05) is 13.5 Å². The topological polar surface area (TPSA) is 20.3 Å². The molecule has 1 aromatic carbocycles. The Labute approximate surface area is 130 Å². The van der Waals surface area contributed by atoms with Crippen molar-refractivity contribution in [2.24, 2.45) is 11.8 Å². The summed E-state index contributed by atoms with van der Waals surface area (Å²) in [4.78, 5) is 14.0. The summed E-state index contributed by atoms with van der Waals surface area (Å²) < 4.78 is 0. The second-order valence-corrected chi connectivity index (χ2v) is 5.48. The molecule has 2 rings (SSSR count). The molecule has 19 heavy (non-hydrogen) atoms. The minimum Gasteiger partial charge on any atom is -0.484 e. The molecule has 1 fully saturated rings. The Hall–Kier alpha value is -0.622. The maximum absolute atomic E-state index is 12.3. The number of amides is 1. The molecule has 0 spiro atoms. The van der Waals surface area contributed by atoms with E-state index in [2.05, 4.69) is 40.7 Å². The van der Waals surface area contributed by atoms with Gasteiger partial charge < -0.3 is 4.90 Å². The number of hydrogen-bond acceptors (Lipinski definition) is 1. The molecule has 1 aliphatic heterocycles. The maximum Gasteiger partial charge on any atom is 2.00 e. The zero-order valence-corrected chi connectivity index (χ0v) is 15.4. The van der Waals surface area contributed by atoms with E-state index in [0.29, 0.717) is 5.92 Å². The van der Waals surface area contributed by atoms with E-state index >= 15 is 0 Å². The number of nitrogens with zero attached hydrogens (tertiary/aromatic N) is 1. The molecule has 0 radical (unpaired) electrons. The van der Waals surface area contributed by atoms with Crippen LogP contribution in [0.4, 0.5) is 5.69 Å². The summed E-state index contributed by atoms with van der Waals surface area (Å²) in [5.74, 6) is 0.552. The molecule has 1 aromatic rings. The van der Waals surface area contributed by atoms with Gasteiger partial charge in [-0.1, -0.05) is 41.5 Å². The van der Waals surface area contributed by atoms with Crippen molar-refractivity contribution >= 4 is 11.6 Å². The molecule has 1 aliphatic rings. The van der Waals surface area contributed by atoms with Gasteiger partial charge in [0.15, 0.2) is 5.91 Å². The van der Waals surface area contributed by atoms with Crippen molar-refractivity contribution in [2.45, 2.75) is 41.5 Å². The fraction of sp³-hybridized carbons (Fsp3) is 0.500. The number of benzene rings is 1. The van der Waals surface area contributed by atoms with E-state index < -0.39 is 0 Å². The molecule has 2 nitrogen and oxygen atoms in total. The molecule has 0 saturated carbocycles. The van der Waals surface area contributed by atoms with Gasteiger partial charge in [-0.05, 0) is 0 Å². The van der Waals surface area contributed by atoms with Gasteiger partial charge in [0.2, 0.25) is 0 Å². The number of anilines is 1. The van der Waals surface area contributed by atoms with Crippen LogP contribution in [0.1, 0.15) is 36.1 Å². The average Bonchev–Trinajstić information content (AvgIpc) is 2.59. The van der Waals surface area contributed by atoms with Crippen LogP contribution in [0.15, 0.2) is 0 Å². The van der Waals surface area contributed by atoms with E-state index in [1.54, 1.807) is 4.90 Å². The molecule has 102 valence electrons. The van der Waals surface area contributed by atoms with Crippen LogP contribution in [0.5, 0.6) is 0 Å². The molecule has 0 aliphatic carbocycles. The van der Waals surface area contributed by atoms with Crippen LogP contribution in [0.2, 0.25) is 0 Å². The molecule has 1 heterocycles. The first-order valence-corrected chi connectivity index (χ1v) is 6.52. The summed E-state index contributed by atoms with van der Waals surface area (Å²) in [5, 5.41) is 0. The summed E-state index contributed by atoms with van der Waals surface area (Å²) in [5.41, 5.74) is 5.74. The van der Waals surface area contributed by atoms with E-state index in [1.165, 1.54) is 11.1 Å². The molecular formula is C16H21NOW. The molecular weight excluding hydrogens is 406 g/mol. The quantitative estimate of drug-likeness (QED) is 0.629. The first kappa shape index (κ1) is 16.4. The number of aryl methyl sites for hydroxylation is 1. The first-order chi connectivity index (χ1) is 8.34. The van der Waals surface area contributed by atoms with Gasteiger partial charge in [0.05, 0.1) is 0 Å². The van der Waals surface area contributed by atoms with Gasteiger partial charge in [-0.2, -0.15) is 22.8 Å². The zero-order chi connectivity index (χ0) is 13.6. The Morgan fingerprint density at radius 1 is 1.05 bits per heavy atom. The van der Waals surface area contributed by atoms with Crippen LogP contribution in [0, 0.1) is 52.1 Å². The Balaban J connectivity index is 0.00000180. The van der Waals surface area contributed by atoms with Crippen LogP contribution >= 0.6 is 0 Å². The van der Waals surface area contributed by atoms with Gasteiger partial charge in [0, 0.05) is 5.92 Å². The van der Waals surface area contributed by atoms with Crippen LogP contribution in [-0.2, 0) is 25.9 Å². The Morgan fingerprint density at radius 2 is 1.63 bits per heavy atom. The monoisotopic (exact) mass is 427 g/mol. The van der Waals surface area contributed by atoms with Crippen LogP contribution in [0.25, 0.3) is 0 Å². The third-order valence-corrected chi connectivity index (χ3v) is 4.39. The summed E-state index contributed by atoms with van der Waals surface area (Å²) in [6.07, 6.45) is 0. The molecule has 1 saturated heterocycles. The summed E-state index contributed by atoms with van der Waals surface area (Å²) in [6.45, 7) is 14.5. The van der Waals surface area contributed by atoms with Crippen molar-refractivity contribution in [1.82, 2.24) is 0 Å². The fourth-order valence-corrected chi connectivity index (χ4v) is 2.41. The first-order valence-electron chi connectivity index (χ1n) is 6.52. The third-order valence-electron chi connectivity index (χ3n) is 4.39. The molecule has 0 N–H and O–H groups in total. The van der Waals surface area contributed by atoms with Crippen LogP contribution in [-0.4, -0.2) is 5.91 Å². The van der Waals surface area contributed by atoms with Crippen molar-refractivity contribution in [1.29, 1.82) is 0 Å². The van der Waals surface area contributed by atoms with Gasteiger partial charge in [-0.3, -0.25) is 4.79 Å². The molecule has 0 aromatic heterocycles. The van der Waals surface area contributed by atoms with E-state index in [4.69, 9.17) is 0 Å². The van der Waals surface area contributed by atoms with Crippen molar-refractivity contribution in [2.75, 3.05) is 4.90 Å². The van der Waals surface area contributed by atoms with Crippen LogP contribution in [0.3, 0.4) is 0 Å². The number of hydrogen-bond donors (Lipinski definition) is 0. The number of rotatable bonds is 1. The average molecular weight is 427 g/mol. The predicted octanol–water partition coefficient (Wildman–Crippen LogP) is 3.50. The van der Waals surface area contributed by atoms with E-state index in [9.17, 15) is 4.79 Å². The zero-order valence-electron chi connectivity index (χ0n) is 12.5. The summed E-state index contributed by atoms with van der Waals surface area (Å²) in [7, 11) is 0. The van der Waals surface area contributed by atoms with Crippen LogP contribution < -0.4 is 4.90 Å². The number of carbonyl (C=O) groups is 1. The maximum atomic E-state index is 12.3. The molecule has 3 heteroatoms. The molecule has 0 bridgehead atoms. The summed E-state index contributed by atoms with van der Waals surface area (Å²) in [6, 6.07) is 3.37. The Morgan fingerprint density at radius 3 is 2.11 bits per heavy atom. The second kappa shape index (κ2) is 5.79. The molecule has 2 atom stereocenters. The van der Waals surface area contributed by atoms with E-state index in [-0.39, 0.29) is 32.9 Å². The van der Waals surface area contributed by atoms with Gasteiger partial charge in [0.1, 0.15) is 0 Å². The SMILES string of the molecule is Cc1[c-]c(N2[CH-]C(C)C(C)C2=O)c(C)c(C)c1C.[W+2]. The van der Waals surface area contributed by atoms with Gasteiger partial charge in [0.25, 0.3) is 0 Å². The predicted molar refractivity (Wildman–Crippen MR) is 74.3 cm³/mol. The van der Waals surface area contributed by atoms with Crippen molar-refractivity contribution < 1.29 is 25.9 Å². The van der Waals surface area contributed by atoms with Crippen molar-refractivity contribution in [3.05, 3.63) is 34.9 Å². The Kier molecular flexibility index (Phi) is 5.01. The smallest absolute Gasteiger partial charge is 0.484 e. The summed E-state index contributed by atoms with van der Waals surface area (Å²) >= 11 is 0. The normalized spacial score (nSPS) is 22.6. The minimum atomic E-state index is 0. The van der Waals surface area contributed by atoms with E-state index in [0.717, 1.165) is 16.8 Å². The third kappa shape index (κ3) is 2.65. The van der Waals surface area contributed by atoms with Gasteiger partial charge in [-0.15, -0.1) is 17.2 Å². The van der Waals surface area contributed by atoms with Crippen molar-refractivity contribution in [3.63, 3.8) is 0 Å². The van der Waals surface area contributed by atoms with Crippen molar-refractivity contribution in [3.8, 4) is 0 Å². The van der Waals surface area contributed by atoms with Gasteiger partial charge in [-0.25, -0.2) is 6.54 Å². The Bertz CT molecular complexity index is 510. The molecule has 2 unspecified atom stereocenters. The largest absolute Gasteiger partial charge is 2.00 e. The van der Waals surface area contributed by atoms with Gasteiger partial charge >= 0.3 is 21.1 Å².